The van der Waals surface area contributed by atoms with Crippen LogP contribution in [0.1, 0.15) is 37.1 Å². The molecule has 6 heteroatoms. The smallest absolute Gasteiger partial charge is 0.246 e. The standard InChI is InChI=1S/C24H24F2N2O2/c1-3-30-22-12-8-7-11-21(22)28-24(29)23(17-9-5-4-6-10-17)27-16(2)19-14-13-18(25)15-20(19)26/h4-16,23,27H,3H2,1-2H3,(H,28,29)/t16-,23-/m1/s1. The summed E-state index contributed by atoms with van der Waals surface area (Å²) in [6.45, 7) is 4.06. The van der Waals surface area contributed by atoms with Crippen LogP contribution >= 0.6 is 0 Å². The first kappa shape index (κ1) is 21.5. The molecule has 0 heterocycles. The highest BCUT2D eigenvalue weighted by atomic mass is 19.1. The third-order valence-corrected chi connectivity index (χ3v) is 4.69. The van der Waals surface area contributed by atoms with Gasteiger partial charge in [0.2, 0.25) is 5.91 Å². The van der Waals surface area contributed by atoms with Gasteiger partial charge in [0.25, 0.3) is 0 Å². The fourth-order valence-corrected chi connectivity index (χ4v) is 3.22. The number of carbonyl (C=O) groups excluding carboxylic acids is 1. The van der Waals surface area contributed by atoms with E-state index in [0.717, 1.165) is 11.6 Å². The lowest BCUT2D eigenvalue weighted by Gasteiger charge is -2.24. The zero-order valence-corrected chi connectivity index (χ0v) is 16.9. The van der Waals surface area contributed by atoms with Crippen molar-refractivity contribution in [2.45, 2.75) is 25.9 Å². The molecule has 3 aromatic carbocycles. The summed E-state index contributed by atoms with van der Waals surface area (Å²) in [5, 5.41) is 6.06. The maximum absolute atomic E-state index is 14.2. The highest BCUT2D eigenvalue weighted by Gasteiger charge is 2.25. The van der Waals surface area contributed by atoms with Gasteiger partial charge in [-0.05, 0) is 37.6 Å². The van der Waals surface area contributed by atoms with Crippen LogP contribution in [0.3, 0.4) is 0 Å². The molecule has 4 nitrogen and oxygen atoms in total. The van der Waals surface area contributed by atoms with Gasteiger partial charge < -0.3 is 10.1 Å². The van der Waals surface area contributed by atoms with E-state index in [1.54, 1.807) is 25.1 Å². The van der Waals surface area contributed by atoms with E-state index in [4.69, 9.17) is 4.74 Å². The van der Waals surface area contributed by atoms with Gasteiger partial charge in [-0.3, -0.25) is 10.1 Å². The topological polar surface area (TPSA) is 50.4 Å². The lowest BCUT2D eigenvalue weighted by molar-refractivity contribution is -0.118. The summed E-state index contributed by atoms with van der Waals surface area (Å²) in [5.74, 6) is -1.06. The van der Waals surface area contributed by atoms with Crippen LogP contribution in [0, 0.1) is 11.6 Å². The van der Waals surface area contributed by atoms with Crippen LogP contribution in [0.15, 0.2) is 72.8 Å². The van der Waals surface area contributed by atoms with Gasteiger partial charge >= 0.3 is 0 Å². The first-order valence-electron chi connectivity index (χ1n) is 9.78. The van der Waals surface area contributed by atoms with Crippen LogP contribution in [0.2, 0.25) is 0 Å². The predicted molar refractivity (Wildman–Crippen MR) is 113 cm³/mol. The Bertz CT molecular complexity index is 996. The maximum atomic E-state index is 14.2. The van der Waals surface area contributed by atoms with Crippen molar-refractivity contribution in [3.63, 3.8) is 0 Å². The number of anilines is 1. The molecule has 2 atom stereocenters. The van der Waals surface area contributed by atoms with E-state index in [9.17, 15) is 13.6 Å². The summed E-state index contributed by atoms with van der Waals surface area (Å²) in [5.41, 5.74) is 1.55. The van der Waals surface area contributed by atoms with Crippen LogP contribution in [-0.2, 0) is 4.79 Å². The van der Waals surface area contributed by atoms with Crippen LogP contribution in [0.25, 0.3) is 0 Å². The Hall–Kier alpha value is -3.25. The number of carbonyl (C=O) groups is 1. The van der Waals surface area contributed by atoms with E-state index < -0.39 is 23.7 Å². The summed E-state index contributed by atoms with van der Waals surface area (Å²) >= 11 is 0. The minimum absolute atomic E-state index is 0.278. The average molecular weight is 410 g/mol. The van der Waals surface area contributed by atoms with E-state index in [2.05, 4.69) is 10.6 Å². The molecule has 0 saturated carbocycles. The molecular formula is C24H24F2N2O2. The molecule has 0 aliphatic rings. The van der Waals surface area contributed by atoms with Crippen LogP contribution < -0.4 is 15.4 Å². The molecule has 0 fully saturated rings. The quantitative estimate of drug-likeness (QED) is 0.523. The zero-order valence-electron chi connectivity index (χ0n) is 16.9. The van der Waals surface area contributed by atoms with E-state index in [1.165, 1.54) is 12.1 Å². The summed E-state index contributed by atoms with van der Waals surface area (Å²) in [7, 11) is 0. The largest absolute Gasteiger partial charge is 0.492 e. The third kappa shape index (κ3) is 5.21. The lowest BCUT2D eigenvalue weighted by Crippen LogP contribution is -2.35. The predicted octanol–water partition coefficient (Wildman–Crippen LogP) is 5.39. The first-order valence-corrected chi connectivity index (χ1v) is 9.78. The van der Waals surface area contributed by atoms with Gasteiger partial charge in [0, 0.05) is 17.7 Å². The second-order valence-corrected chi connectivity index (χ2v) is 6.82. The van der Waals surface area contributed by atoms with Gasteiger partial charge in [0.1, 0.15) is 23.4 Å². The monoisotopic (exact) mass is 410 g/mol. The molecule has 156 valence electrons. The summed E-state index contributed by atoms with van der Waals surface area (Å²) < 4.78 is 33.1. The zero-order chi connectivity index (χ0) is 21.5. The molecule has 1 amide bonds. The van der Waals surface area contributed by atoms with Gasteiger partial charge in [0.15, 0.2) is 0 Å². The number of amides is 1. The van der Waals surface area contributed by atoms with Crippen molar-refractivity contribution < 1.29 is 18.3 Å². The normalized spacial score (nSPS) is 12.8. The molecule has 3 rings (SSSR count). The molecular weight excluding hydrogens is 386 g/mol. The molecule has 30 heavy (non-hydrogen) atoms. The highest BCUT2D eigenvalue weighted by Crippen LogP contribution is 2.27. The van der Waals surface area contributed by atoms with Crippen molar-refractivity contribution in [1.82, 2.24) is 5.32 Å². The number of hydrogen-bond acceptors (Lipinski definition) is 3. The van der Waals surface area contributed by atoms with E-state index >= 15 is 0 Å². The SMILES string of the molecule is CCOc1ccccc1NC(=O)[C@H](N[C@H](C)c1ccc(F)cc1F)c1ccccc1. The fraction of sp³-hybridized carbons (Fsp3) is 0.208. The van der Waals surface area contributed by atoms with Crippen molar-refractivity contribution in [1.29, 1.82) is 0 Å². The summed E-state index contributed by atoms with van der Waals surface area (Å²) in [6, 6.07) is 18.4. The molecule has 0 radical (unpaired) electrons. The molecule has 0 aromatic heterocycles. The van der Waals surface area contributed by atoms with E-state index in [1.807, 2.05) is 43.3 Å². The number of hydrogen-bond donors (Lipinski definition) is 2. The Morgan fingerprint density at radius 2 is 1.70 bits per heavy atom. The first-order chi connectivity index (χ1) is 14.5. The van der Waals surface area contributed by atoms with Crippen LogP contribution in [-0.4, -0.2) is 12.5 Å². The molecule has 3 aromatic rings. The van der Waals surface area contributed by atoms with E-state index in [-0.39, 0.29) is 11.5 Å². The summed E-state index contributed by atoms with van der Waals surface area (Å²) in [6.07, 6.45) is 0. The van der Waals surface area contributed by atoms with Crippen molar-refractivity contribution >= 4 is 11.6 Å². The van der Waals surface area contributed by atoms with Crippen LogP contribution in [0.4, 0.5) is 14.5 Å². The average Bonchev–Trinajstić information content (AvgIpc) is 2.74. The minimum atomic E-state index is -0.764. The van der Waals surface area contributed by atoms with E-state index in [0.29, 0.717) is 18.0 Å². The van der Waals surface area contributed by atoms with Gasteiger partial charge in [-0.15, -0.1) is 0 Å². The maximum Gasteiger partial charge on any atom is 0.246 e. The second-order valence-electron chi connectivity index (χ2n) is 6.82. The van der Waals surface area contributed by atoms with Gasteiger partial charge in [-0.2, -0.15) is 0 Å². The summed E-state index contributed by atoms with van der Waals surface area (Å²) in [4.78, 5) is 13.2. The molecule has 0 spiro atoms. The number of rotatable bonds is 8. The van der Waals surface area contributed by atoms with Crippen molar-refractivity contribution in [3.05, 3.63) is 95.6 Å². The molecule has 0 saturated heterocycles. The molecule has 0 unspecified atom stereocenters. The molecule has 0 bridgehead atoms. The van der Waals surface area contributed by atoms with Gasteiger partial charge in [0.05, 0.1) is 12.3 Å². The lowest BCUT2D eigenvalue weighted by atomic mass is 10.0. The van der Waals surface area contributed by atoms with Crippen molar-refractivity contribution in [3.8, 4) is 5.75 Å². The van der Waals surface area contributed by atoms with Crippen molar-refractivity contribution in [2.24, 2.45) is 0 Å². The molecule has 0 aliphatic heterocycles. The Kier molecular flexibility index (Phi) is 7.14. The minimum Gasteiger partial charge on any atom is -0.492 e. The number of ether oxygens (including phenoxy) is 1. The number of nitrogens with one attached hydrogen (secondary N) is 2. The Labute approximate surface area is 174 Å². The Morgan fingerprint density at radius 3 is 2.40 bits per heavy atom. The van der Waals surface area contributed by atoms with Gasteiger partial charge in [-0.1, -0.05) is 48.5 Å². The number of halogens is 2. The molecule has 2 N–H and O–H groups in total. The highest BCUT2D eigenvalue weighted by molar-refractivity contribution is 5.96. The Morgan fingerprint density at radius 1 is 1.00 bits per heavy atom. The Balaban J connectivity index is 1.87. The number of para-hydroxylation sites is 2. The van der Waals surface area contributed by atoms with Gasteiger partial charge in [-0.25, -0.2) is 8.78 Å². The van der Waals surface area contributed by atoms with Crippen molar-refractivity contribution in [2.75, 3.05) is 11.9 Å². The number of benzene rings is 3. The second kappa shape index (κ2) is 9.98. The fourth-order valence-electron chi connectivity index (χ4n) is 3.22. The van der Waals surface area contributed by atoms with Crippen LogP contribution in [0.5, 0.6) is 5.75 Å². The molecule has 0 aliphatic carbocycles. The third-order valence-electron chi connectivity index (χ3n) is 4.69.